The first-order valence-corrected chi connectivity index (χ1v) is 27.0. The molecule has 1 fully saturated rings. The Morgan fingerprint density at radius 2 is 1.06 bits per heavy atom. The third-order valence-corrected chi connectivity index (χ3v) is 10.5. The second-order valence-electron chi connectivity index (χ2n) is 19.6. The number of hydrogen-bond donors (Lipinski definition) is 1. The fraction of sp³-hybridized carbons (Fsp3) is 0.362. The fourth-order valence-corrected chi connectivity index (χ4v) is 4.36. The zero-order valence-corrected chi connectivity index (χ0v) is 52.6. The number of ether oxygens (including phenoxy) is 5. The predicted octanol–water partition coefficient (Wildman–Crippen LogP) is 15.0. The molecule has 14 heteroatoms. The first kappa shape index (κ1) is 81.1. The summed E-state index contributed by atoms with van der Waals surface area (Å²) < 4.78 is 24.0. The quantitative estimate of drug-likeness (QED) is 0.0317. The Morgan fingerprint density at radius 1 is 0.639 bits per heavy atom. The summed E-state index contributed by atoms with van der Waals surface area (Å²) in [7, 11) is 0. The van der Waals surface area contributed by atoms with Gasteiger partial charge >= 0.3 is 23.9 Å². The number of benzene rings is 3. The van der Waals surface area contributed by atoms with Gasteiger partial charge in [-0.05, 0) is 147 Å². The maximum Gasteiger partial charge on any atom is 0.340 e. The minimum atomic E-state index is -0.719. The van der Waals surface area contributed by atoms with Crippen LogP contribution in [0.1, 0.15) is 145 Å². The Balaban J connectivity index is -0.000000426. The van der Waals surface area contributed by atoms with Crippen LogP contribution in [0, 0.1) is 0 Å². The molecule has 0 aromatic heterocycles. The van der Waals surface area contributed by atoms with Crippen molar-refractivity contribution in [2.45, 2.75) is 147 Å². The van der Waals surface area contributed by atoms with Crippen LogP contribution in [-0.2, 0) is 58.9 Å². The van der Waals surface area contributed by atoms with Crippen molar-refractivity contribution in [3.63, 3.8) is 0 Å². The topological polar surface area (TPSA) is 193 Å². The molecular formula is C69H96N2O12. The number of rotatable bonds is 18. The summed E-state index contributed by atoms with van der Waals surface area (Å²) in [6.07, 6.45) is 11.0. The van der Waals surface area contributed by atoms with E-state index in [1.54, 1.807) is 66.7 Å². The first-order valence-electron chi connectivity index (χ1n) is 27.0. The van der Waals surface area contributed by atoms with Gasteiger partial charge in [0, 0.05) is 29.2 Å². The molecule has 0 aliphatic carbocycles. The Kier molecular flexibility index (Phi) is 45.2. The average Bonchev–Trinajstić information content (AvgIpc) is 4.26. The zero-order chi connectivity index (χ0) is 64.9. The Bertz CT molecular complexity index is 2580. The maximum atomic E-state index is 11.1. The van der Waals surface area contributed by atoms with E-state index in [-0.39, 0.29) is 53.0 Å². The maximum absolute atomic E-state index is 11.1. The number of aliphatic imine (C=N–C) groups is 1. The molecule has 1 N–H and O–H groups in total. The first-order chi connectivity index (χ1) is 38.6. The zero-order valence-electron chi connectivity index (χ0n) is 52.6. The Hall–Kier alpha value is -8.36. The lowest BCUT2D eigenvalue weighted by Gasteiger charge is -2.24. The highest BCUT2D eigenvalue weighted by Crippen LogP contribution is 2.19. The molecule has 0 bridgehead atoms. The van der Waals surface area contributed by atoms with Crippen LogP contribution in [0.15, 0.2) is 177 Å². The molecule has 83 heavy (non-hydrogen) atoms. The lowest BCUT2D eigenvalue weighted by Crippen LogP contribution is -2.42. The summed E-state index contributed by atoms with van der Waals surface area (Å²) in [5.74, 6) is -0.294. The number of unbranched alkanes of at least 4 members (excludes halogenated alkanes) is 1. The normalized spacial score (nSPS) is 12.2. The molecular weight excluding hydrogens is 1050 g/mol. The van der Waals surface area contributed by atoms with Crippen molar-refractivity contribution in [2.75, 3.05) is 19.8 Å². The van der Waals surface area contributed by atoms with Gasteiger partial charge in [0.25, 0.3) is 0 Å². The smallest absolute Gasteiger partial charge is 0.340 e. The van der Waals surface area contributed by atoms with Gasteiger partial charge in [0.05, 0.1) is 13.2 Å². The number of allylic oxidation sites excluding steroid dienone is 2. The van der Waals surface area contributed by atoms with Crippen LogP contribution < -0.4 is 10.1 Å². The van der Waals surface area contributed by atoms with Gasteiger partial charge in [-0.2, -0.15) is 0 Å². The molecule has 1 saturated heterocycles. The number of nitrogens with one attached hydrogen (secondary N) is 1. The van der Waals surface area contributed by atoms with Gasteiger partial charge in [0.15, 0.2) is 17.1 Å². The highest BCUT2D eigenvalue weighted by molar-refractivity contribution is 6.04. The van der Waals surface area contributed by atoms with Gasteiger partial charge < -0.3 is 29.0 Å². The summed E-state index contributed by atoms with van der Waals surface area (Å²) in [6, 6.07) is 25.6. The third-order valence-electron chi connectivity index (χ3n) is 10.5. The summed E-state index contributed by atoms with van der Waals surface area (Å²) >= 11 is 0. The second-order valence-corrected chi connectivity index (χ2v) is 19.6. The molecule has 5 rings (SSSR count). The number of carbonyl (C=O) groups excluding carboxylic acids is 7. The number of ketones is 2. The molecule has 1 atom stereocenters. The number of hydrogen-bond acceptors (Lipinski definition) is 13. The predicted molar refractivity (Wildman–Crippen MR) is 343 cm³/mol. The molecule has 1 unspecified atom stereocenters. The third kappa shape index (κ3) is 47.0. The number of carbonyl (C=O) groups is 7. The summed E-state index contributed by atoms with van der Waals surface area (Å²) in [4.78, 5) is 77.9. The number of cyclic esters (lactones) is 1. The van der Waals surface area contributed by atoms with Crippen molar-refractivity contribution < 1.29 is 57.2 Å². The van der Waals surface area contributed by atoms with E-state index in [2.05, 4.69) is 108 Å². The Labute approximate surface area is 497 Å². The van der Waals surface area contributed by atoms with Crippen molar-refractivity contribution in [1.82, 2.24) is 5.32 Å². The van der Waals surface area contributed by atoms with Crippen molar-refractivity contribution in [3.8, 4) is 5.75 Å². The Morgan fingerprint density at radius 3 is 1.35 bits per heavy atom. The van der Waals surface area contributed by atoms with E-state index in [4.69, 9.17) is 23.7 Å². The van der Waals surface area contributed by atoms with Crippen molar-refractivity contribution in [2.24, 2.45) is 4.99 Å². The molecule has 0 radical (unpaired) electrons. The summed E-state index contributed by atoms with van der Waals surface area (Å²) in [5, 5.41) is 2.87. The number of Topliss-reactive ketones (excluding diaryl/α,β-unsaturated/α-hetero) is 2. The second kappa shape index (κ2) is 46.3. The lowest BCUT2D eigenvalue weighted by molar-refractivity contribution is -0.140. The SMILES string of the molecule is C=C(C)C(=O)NC(C)(C)CC.C=C(C)C(=O)OCC1CO1.C=C(C)C(=O)OCCCC.C=C(C)C(C)=O.C=C(C)C(C)=O.C=CC1=NC(C)(C)C(=O)O1.C=Cc1ccc(CC)cc1.C=Cc1ccc(OC(C)=O)cc1.C=Cc1ccccc1. The molecule has 14 nitrogen and oxygen atoms in total. The number of nitrogens with zero attached hydrogens (tertiary/aromatic N) is 1. The van der Waals surface area contributed by atoms with Gasteiger partial charge in [0.1, 0.15) is 18.5 Å². The van der Waals surface area contributed by atoms with E-state index >= 15 is 0 Å². The summed E-state index contributed by atoms with van der Waals surface area (Å²) in [6.45, 7) is 59.6. The van der Waals surface area contributed by atoms with Gasteiger partial charge in [-0.3, -0.25) is 19.2 Å². The molecule has 0 saturated carbocycles. The van der Waals surface area contributed by atoms with Crippen LogP contribution in [0.3, 0.4) is 0 Å². The number of esters is 4. The molecule has 0 spiro atoms. The fourth-order valence-electron chi connectivity index (χ4n) is 4.36. The monoisotopic (exact) mass is 1140 g/mol. The highest BCUT2D eigenvalue weighted by Gasteiger charge is 2.35. The van der Waals surface area contributed by atoms with Crippen LogP contribution in [-0.4, -0.2) is 84.3 Å². The lowest BCUT2D eigenvalue weighted by atomic mass is 10.0. The van der Waals surface area contributed by atoms with Crippen molar-refractivity contribution in [3.05, 3.63) is 194 Å². The molecule has 3 aromatic rings. The van der Waals surface area contributed by atoms with Gasteiger partial charge in [-0.1, -0.05) is 171 Å². The number of epoxide rings is 1. The largest absolute Gasteiger partial charge is 0.462 e. The van der Waals surface area contributed by atoms with Crippen LogP contribution in [0.5, 0.6) is 5.75 Å². The van der Waals surface area contributed by atoms with Crippen LogP contribution in [0.4, 0.5) is 0 Å². The molecule has 454 valence electrons. The minimum absolute atomic E-state index is 0.0585. The molecule has 2 heterocycles. The standard InChI is InChI=1S/C10H10O2.C10H12.C9H17NO.C8H14O2.C8H8.C7H9NO2.C7H10O3.2C5H8O/c1-3-9-4-6-10(7-5-9)12-8(2)11;1-3-9-5-7-10(4-2)8-6-9;1-6-9(4,5)10-8(11)7(2)3;1-4-5-6-10-8(9)7(2)3;1-2-8-6-4-3-5-7-8;1-4-5-8-7(2,3)6(9)10-5;1-5(2)7(8)10-4-6-3-9-6;2*1-4(2)5(3)6/h3-7H,1H2,2H3;3,5-8H,1,4H2,2H3;2,6H2,1,3-5H3,(H,10,11);2,4-6H2,1,3H3;2-7H,1H2;4H,1H2,2-3H3;6H,1,3-4H2,2H3;2*1H2,2-3H3. The van der Waals surface area contributed by atoms with Crippen molar-refractivity contribution in [1.29, 1.82) is 0 Å². The highest BCUT2D eigenvalue weighted by atomic mass is 16.6. The number of amides is 1. The molecule has 3 aromatic carbocycles. The number of aryl methyl sites for hydroxylation is 1. The van der Waals surface area contributed by atoms with E-state index < -0.39 is 5.54 Å². The van der Waals surface area contributed by atoms with Crippen LogP contribution in [0.25, 0.3) is 18.2 Å². The van der Waals surface area contributed by atoms with E-state index in [0.717, 1.165) is 31.2 Å². The van der Waals surface area contributed by atoms with Crippen LogP contribution >= 0.6 is 0 Å². The van der Waals surface area contributed by atoms with Gasteiger partial charge in [0.2, 0.25) is 11.8 Å². The van der Waals surface area contributed by atoms with E-state index in [1.165, 1.54) is 43.5 Å². The van der Waals surface area contributed by atoms with E-state index in [9.17, 15) is 33.6 Å². The minimum Gasteiger partial charge on any atom is -0.462 e. The summed E-state index contributed by atoms with van der Waals surface area (Å²) in [5.41, 5.74) is 6.62. The molecule has 1 amide bonds. The van der Waals surface area contributed by atoms with E-state index in [1.807, 2.05) is 75.4 Å². The molecule has 2 aliphatic rings. The van der Waals surface area contributed by atoms with Gasteiger partial charge in [-0.25, -0.2) is 19.4 Å². The van der Waals surface area contributed by atoms with E-state index in [0.29, 0.717) is 59.3 Å². The van der Waals surface area contributed by atoms with Crippen molar-refractivity contribution >= 4 is 65.5 Å². The average molecular weight is 1150 g/mol. The molecule has 2 aliphatic heterocycles. The van der Waals surface area contributed by atoms with Gasteiger partial charge in [-0.15, -0.1) is 0 Å². The van der Waals surface area contributed by atoms with Crippen LogP contribution in [0.2, 0.25) is 0 Å².